The molecule has 3 unspecified atom stereocenters. The Balaban J connectivity index is 2.14. The molecule has 1 aromatic rings. The molecule has 1 aliphatic heterocycles. The van der Waals surface area contributed by atoms with E-state index < -0.39 is 0 Å². The maximum absolute atomic E-state index is 13.0. The lowest BCUT2D eigenvalue weighted by Crippen LogP contribution is -2.43. The quantitative estimate of drug-likeness (QED) is 0.894. The highest BCUT2D eigenvalue weighted by molar-refractivity contribution is 5.20. The van der Waals surface area contributed by atoms with Gasteiger partial charge < -0.3 is 5.73 Å². The van der Waals surface area contributed by atoms with Crippen molar-refractivity contribution in [2.24, 2.45) is 17.6 Å². The molecule has 0 aromatic heterocycles. The Labute approximate surface area is 109 Å². The summed E-state index contributed by atoms with van der Waals surface area (Å²) in [6, 6.07) is 6.98. The minimum absolute atomic E-state index is 0.185. The zero-order valence-corrected chi connectivity index (χ0v) is 11.3. The molecule has 0 bridgehead atoms. The smallest absolute Gasteiger partial charge is 0.123 e. The van der Waals surface area contributed by atoms with Crippen molar-refractivity contribution in [3.05, 3.63) is 35.6 Å². The van der Waals surface area contributed by atoms with Crippen molar-refractivity contribution in [2.45, 2.75) is 26.3 Å². The fraction of sp³-hybridized carbons (Fsp3) is 0.600. The number of hydrogen-bond donors (Lipinski definition) is 1. The van der Waals surface area contributed by atoms with Crippen LogP contribution in [0.4, 0.5) is 4.39 Å². The fourth-order valence-corrected chi connectivity index (χ4v) is 3.15. The van der Waals surface area contributed by atoms with Crippen molar-refractivity contribution in [2.75, 3.05) is 19.6 Å². The Hall–Kier alpha value is -0.930. The largest absolute Gasteiger partial charge is 0.329 e. The summed E-state index contributed by atoms with van der Waals surface area (Å²) in [6.07, 6.45) is 1.29. The summed E-state index contributed by atoms with van der Waals surface area (Å²) in [5.41, 5.74) is 7.05. The molecule has 1 aromatic carbocycles. The lowest BCUT2D eigenvalue weighted by molar-refractivity contribution is 0.0984. The Morgan fingerprint density at radius 3 is 2.28 bits per heavy atom. The molecule has 1 aliphatic rings. The monoisotopic (exact) mass is 250 g/mol. The van der Waals surface area contributed by atoms with E-state index in [9.17, 15) is 4.39 Å². The minimum atomic E-state index is -0.185. The molecule has 1 saturated heterocycles. The van der Waals surface area contributed by atoms with Crippen LogP contribution in [0.15, 0.2) is 24.3 Å². The Bertz CT molecular complexity index is 367. The van der Waals surface area contributed by atoms with Gasteiger partial charge in [0, 0.05) is 25.7 Å². The molecular formula is C15H23FN2. The van der Waals surface area contributed by atoms with Crippen LogP contribution in [0.2, 0.25) is 0 Å². The van der Waals surface area contributed by atoms with Gasteiger partial charge in [-0.05, 0) is 36.0 Å². The molecule has 0 aliphatic carbocycles. The van der Waals surface area contributed by atoms with Crippen LogP contribution in [0.1, 0.15) is 31.9 Å². The van der Waals surface area contributed by atoms with Crippen LogP contribution < -0.4 is 5.73 Å². The van der Waals surface area contributed by atoms with Gasteiger partial charge in [-0.1, -0.05) is 26.0 Å². The number of benzene rings is 1. The average molecular weight is 250 g/mol. The predicted octanol–water partition coefficient (Wildman–Crippen LogP) is 2.80. The lowest BCUT2D eigenvalue weighted by atomic mass is 9.89. The summed E-state index contributed by atoms with van der Waals surface area (Å²) < 4.78 is 13.0. The summed E-state index contributed by atoms with van der Waals surface area (Å²) in [6.45, 7) is 7.35. The number of likely N-dealkylation sites (tertiary alicyclic amines) is 1. The van der Waals surface area contributed by atoms with E-state index in [1.54, 1.807) is 0 Å². The molecule has 1 fully saturated rings. The maximum Gasteiger partial charge on any atom is 0.123 e. The lowest BCUT2D eigenvalue weighted by Gasteiger charge is -2.40. The molecule has 0 saturated carbocycles. The third kappa shape index (κ3) is 3.09. The standard InChI is InChI=1S/C15H23FN2/c1-11-7-12(2)10-18(9-11)15(8-17)13-3-5-14(16)6-4-13/h3-6,11-12,15H,7-10,17H2,1-2H3. The summed E-state index contributed by atoms with van der Waals surface area (Å²) in [4.78, 5) is 2.45. The Morgan fingerprint density at radius 2 is 1.78 bits per heavy atom. The second kappa shape index (κ2) is 5.81. The van der Waals surface area contributed by atoms with Gasteiger partial charge in [0.15, 0.2) is 0 Å². The summed E-state index contributed by atoms with van der Waals surface area (Å²) >= 11 is 0. The highest BCUT2D eigenvalue weighted by Crippen LogP contribution is 2.28. The summed E-state index contributed by atoms with van der Waals surface area (Å²) in [7, 11) is 0. The predicted molar refractivity (Wildman–Crippen MR) is 72.7 cm³/mol. The number of halogens is 1. The molecule has 0 amide bonds. The molecule has 18 heavy (non-hydrogen) atoms. The van der Waals surface area contributed by atoms with Crippen molar-refractivity contribution in [1.82, 2.24) is 4.90 Å². The minimum Gasteiger partial charge on any atom is -0.329 e. The second-order valence-electron chi connectivity index (χ2n) is 5.70. The van der Waals surface area contributed by atoms with Crippen LogP contribution in [0.25, 0.3) is 0 Å². The van der Waals surface area contributed by atoms with Gasteiger partial charge in [0.05, 0.1) is 0 Å². The number of rotatable bonds is 3. The van der Waals surface area contributed by atoms with Gasteiger partial charge >= 0.3 is 0 Å². The van der Waals surface area contributed by atoms with Gasteiger partial charge in [-0.2, -0.15) is 0 Å². The maximum atomic E-state index is 13.0. The van der Waals surface area contributed by atoms with Crippen LogP contribution in [0.5, 0.6) is 0 Å². The van der Waals surface area contributed by atoms with Crippen molar-refractivity contribution < 1.29 is 4.39 Å². The van der Waals surface area contributed by atoms with Gasteiger partial charge in [-0.3, -0.25) is 4.90 Å². The first-order valence-electron chi connectivity index (χ1n) is 6.79. The molecule has 0 spiro atoms. The zero-order valence-electron chi connectivity index (χ0n) is 11.3. The first-order valence-corrected chi connectivity index (χ1v) is 6.79. The van der Waals surface area contributed by atoms with Crippen LogP contribution in [0, 0.1) is 17.7 Å². The number of piperidine rings is 1. The van der Waals surface area contributed by atoms with E-state index >= 15 is 0 Å². The van der Waals surface area contributed by atoms with E-state index in [1.807, 2.05) is 12.1 Å². The zero-order chi connectivity index (χ0) is 13.1. The van der Waals surface area contributed by atoms with E-state index in [-0.39, 0.29) is 11.9 Å². The first kappa shape index (κ1) is 13.5. The molecule has 100 valence electrons. The third-order valence-electron chi connectivity index (χ3n) is 3.82. The molecule has 2 rings (SSSR count). The van der Waals surface area contributed by atoms with E-state index in [4.69, 9.17) is 5.73 Å². The average Bonchev–Trinajstić information content (AvgIpc) is 2.31. The van der Waals surface area contributed by atoms with E-state index in [0.29, 0.717) is 18.4 Å². The fourth-order valence-electron chi connectivity index (χ4n) is 3.15. The van der Waals surface area contributed by atoms with Crippen LogP contribution >= 0.6 is 0 Å². The molecular weight excluding hydrogens is 227 g/mol. The van der Waals surface area contributed by atoms with Crippen LogP contribution in [0.3, 0.4) is 0 Å². The summed E-state index contributed by atoms with van der Waals surface area (Å²) in [5.74, 6) is 1.24. The van der Waals surface area contributed by atoms with Gasteiger partial charge in [-0.15, -0.1) is 0 Å². The number of nitrogens with zero attached hydrogens (tertiary/aromatic N) is 1. The second-order valence-corrected chi connectivity index (χ2v) is 5.70. The Morgan fingerprint density at radius 1 is 1.22 bits per heavy atom. The van der Waals surface area contributed by atoms with Crippen LogP contribution in [-0.2, 0) is 0 Å². The topological polar surface area (TPSA) is 29.3 Å². The molecule has 2 nitrogen and oxygen atoms in total. The molecule has 1 heterocycles. The number of hydrogen-bond acceptors (Lipinski definition) is 2. The van der Waals surface area contributed by atoms with Crippen molar-refractivity contribution >= 4 is 0 Å². The van der Waals surface area contributed by atoms with E-state index in [1.165, 1.54) is 18.6 Å². The molecule has 2 N–H and O–H groups in total. The van der Waals surface area contributed by atoms with Gasteiger partial charge in [-0.25, -0.2) is 4.39 Å². The van der Waals surface area contributed by atoms with Crippen LogP contribution in [-0.4, -0.2) is 24.5 Å². The Kier molecular flexibility index (Phi) is 4.36. The van der Waals surface area contributed by atoms with Gasteiger partial charge in [0.2, 0.25) is 0 Å². The SMILES string of the molecule is CC1CC(C)CN(C(CN)c2ccc(F)cc2)C1. The van der Waals surface area contributed by atoms with Crippen molar-refractivity contribution in [3.63, 3.8) is 0 Å². The number of nitrogens with two attached hydrogens (primary N) is 1. The molecule has 3 atom stereocenters. The van der Waals surface area contributed by atoms with Crippen molar-refractivity contribution in [1.29, 1.82) is 0 Å². The van der Waals surface area contributed by atoms with E-state index in [2.05, 4.69) is 18.7 Å². The van der Waals surface area contributed by atoms with Gasteiger partial charge in [0.25, 0.3) is 0 Å². The highest BCUT2D eigenvalue weighted by Gasteiger charge is 2.27. The van der Waals surface area contributed by atoms with Crippen molar-refractivity contribution in [3.8, 4) is 0 Å². The normalized spacial score (nSPS) is 27.1. The summed E-state index contributed by atoms with van der Waals surface area (Å²) in [5, 5.41) is 0. The van der Waals surface area contributed by atoms with E-state index in [0.717, 1.165) is 18.7 Å². The third-order valence-corrected chi connectivity index (χ3v) is 3.82. The molecule has 0 radical (unpaired) electrons. The highest BCUT2D eigenvalue weighted by atomic mass is 19.1. The first-order chi connectivity index (χ1) is 8.60. The molecule has 3 heteroatoms. The van der Waals surface area contributed by atoms with Gasteiger partial charge in [0.1, 0.15) is 5.82 Å².